The first kappa shape index (κ1) is 16.5. The van der Waals surface area contributed by atoms with Crippen molar-refractivity contribution >= 4 is 17.1 Å². The Bertz CT molecular complexity index is 954. The van der Waals surface area contributed by atoms with Gasteiger partial charge in [-0.2, -0.15) is 0 Å². The molecule has 3 aromatic rings. The first-order chi connectivity index (χ1) is 12.7. The van der Waals surface area contributed by atoms with E-state index in [9.17, 15) is 9.90 Å². The summed E-state index contributed by atoms with van der Waals surface area (Å²) < 4.78 is 1.96. The lowest BCUT2D eigenvalue weighted by Crippen LogP contribution is -2.49. The van der Waals surface area contributed by atoms with Gasteiger partial charge in [0.15, 0.2) is 5.65 Å². The minimum atomic E-state index is -0.599. The molecule has 0 aliphatic heterocycles. The summed E-state index contributed by atoms with van der Waals surface area (Å²) in [6.07, 6.45) is 8.52. The van der Waals surface area contributed by atoms with Crippen LogP contribution in [-0.2, 0) is 6.54 Å². The molecule has 4 rings (SSSR count). The number of hydrogen-bond donors (Lipinski definition) is 2. The third-order valence-corrected chi connectivity index (χ3v) is 4.78. The van der Waals surface area contributed by atoms with Gasteiger partial charge in [0.1, 0.15) is 5.52 Å². The van der Waals surface area contributed by atoms with Crippen LogP contribution >= 0.6 is 0 Å². The van der Waals surface area contributed by atoms with Gasteiger partial charge >= 0.3 is 0 Å². The molecule has 0 saturated heterocycles. The Labute approximate surface area is 151 Å². The number of carbonyl (C=O) groups is 1. The van der Waals surface area contributed by atoms with Gasteiger partial charge < -0.3 is 15.0 Å². The van der Waals surface area contributed by atoms with Crippen LogP contribution in [-0.4, -0.2) is 37.7 Å². The standard InChI is InChI=1S/C20H20N4O2/c25-13-20(8-4-5-9-20)23-19(26)16-10-17-18(21-11-16)24(14-22-17)12-15-6-2-1-3-7-15/h1-7,10-11,14,25H,8-9,12-13H2,(H,23,26). The van der Waals surface area contributed by atoms with Crippen molar-refractivity contribution in [2.24, 2.45) is 0 Å². The Morgan fingerprint density at radius 3 is 2.69 bits per heavy atom. The molecule has 0 spiro atoms. The number of fused-ring (bicyclic) bond motifs is 1. The molecular weight excluding hydrogens is 328 g/mol. The monoisotopic (exact) mass is 348 g/mol. The van der Waals surface area contributed by atoms with Crippen LogP contribution in [0.4, 0.5) is 0 Å². The molecule has 2 aromatic heterocycles. The van der Waals surface area contributed by atoms with Crippen LogP contribution in [0.25, 0.3) is 11.2 Å². The average molecular weight is 348 g/mol. The molecule has 0 saturated carbocycles. The third kappa shape index (κ3) is 3.11. The van der Waals surface area contributed by atoms with Crippen molar-refractivity contribution in [1.29, 1.82) is 0 Å². The average Bonchev–Trinajstić information content (AvgIpc) is 3.30. The second-order valence-electron chi connectivity index (χ2n) is 6.70. The molecule has 6 heteroatoms. The van der Waals surface area contributed by atoms with E-state index in [1.54, 1.807) is 18.6 Å². The molecule has 0 fully saturated rings. The molecule has 1 amide bonds. The quantitative estimate of drug-likeness (QED) is 0.693. The van der Waals surface area contributed by atoms with Crippen LogP contribution in [0, 0.1) is 0 Å². The molecule has 1 aromatic carbocycles. The summed E-state index contributed by atoms with van der Waals surface area (Å²) in [7, 11) is 0. The number of benzene rings is 1. The maximum absolute atomic E-state index is 12.6. The van der Waals surface area contributed by atoms with Gasteiger partial charge in [-0.25, -0.2) is 9.97 Å². The minimum absolute atomic E-state index is 0.0902. The largest absolute Gasteiger partial charge is 0.394 e. The van der Waals surface area contributed by atoms with Crippen molar-refractivity contribution in [3.8, 4) is 0 Å². The second kappa shape index (κ2) is 6.72. The molecule has 0 unspecified atom stereocenters. The van der Waals surface area contributed by atoms with E-state index in [-0.39, 0.29) is 12.5 Å². The SMILES string of the molecule is O=C(NC1(CO)CC=CC1)c1cnc2c(c1)ncn2Cc1ccccc1. The van der Waals surface area contributed by atoms with Crippen molar-refractivity contribution in [1.82, 2.24) is 19.9 Å². The molecule has 1 aliphatic carbocycles. The van der Waals surface area contributed by atoms with Crippen molar-refractivity contribution in [3.05, 3.63) is 72.2 Å². The van der Waals surface area contributed by atoms with E-state index in [2.05, 4.69) is 27.4 Å². The number of aromatic nitrogens is 3. The predicted molar refractivity (Wildman–Crippen MR) is 98.7 cm³/mol. The smallest absolute Gasteiger partial charge is 0.253 e. The molecule has 1 aliphatic rings. The van der Waals surface area contributed by atoms with Crippen LogP contribution in [0.15, 0.2) is 61.1 Å². The second-order valence-corrected chi connectivity index (χ2v) is 6.70. The number of aliphatic hydroxyl groups excluding tert-OH is 1. The number of amides is 1. The van der Waals surface area contributed by atoms with Crippen LogP contribution in [0.3, 0.4) is 0 Å². The lowest BCUT2D eigenvalue weighted by molar-refractivity contribution is 0.0845. The van der Waals surface area contributed by atoms with Crippen molar-refractivity contribution < 1.29 is 9.90 Å². The van der Waals surface area contributed by atoms with E-state index < -0.39 is 5.54 Å². The molecule has 2 heterocycles. The number of nitrogens with zero attached hydrogens (tertiary/aromatic N) is 3. The number of pyridine rings is 1. The highest BCUT2D eigenvalue weighted by molar-refractivity contribution is 5.96. The van der Waals surface area contributed by atoms with Crippen LogP contribution in [0.2, 0.25) is 0 Å². The highest BCUT2D eigenvalue weighted by atomic mass is 16.3. The van der Waals surface area contributed by atoms with Gasteiger partial charge in [0, 0.05) is 6.20 Å². The Hall–Kier alpha value is -2.99. The first-order valence-corrected chi connectivity index (χ1v) is 8.62. The van der Waals surface area contributed by atoms with Gasteiger partial charge in [0.2, 0.25) is 0 Å². The maximum atomic E-state index is 12.6. The van der Waals surface area contributed by atoms with Gasteiger partial charge in [-0.1, -0.05) is 42.5 Å². The molecule has 6 nitrogen and oxygen atoms in total. The van der Waals surface area contributed by atoms with E-state index >= 15 is 0 Å². The first-order valence-electron chi connectivity index (χ1n) is 8.62. The number of rotatable bonds is 5. The van der Waals surface area contributed by atoms with Crippen molar-refractivity contribution in [3.63, 3.8) is 0 Å². The van der Waals surface area contributed by atoms with E-state index in [0.29, 0.717) is 30.5 Å². The zero-order valence-corrected chi connectivity index (χ0v) is 14.3. The fraction of sp³-hybridized carbons (Fsp3) is 0.250. The minimum Gasteiger partial charge on any atom is -0.394 e. The summed E-state index contributed by atoms with van der Waals surface area (Å²) in [6.45, 7) is 0.586. The summed E-state index contributed by atoms with van der Waals surface area (Å²) in [4.78, 5) is 21.4. The summed E-state index contributed by atoms with van der Waals surface area (Å²) in [5.74, 6) is -0.241. The molecular formula is C20H20N4O2. The molecule has 0 bridgehead atoms. The normalized spacial score (nSPS) is 15.4. The molecule has 26 heavy (non-hydrogen) atoms. The van der Waals surface area contributed by atoms with Crippen LogP contribution in [0.5, 0.6) is 0 Å². The number of nitrogens with one attached hydrogen (secondary N) is 1. The van der Waals surface area contributed by atoms with E-state index in [1.807, 2.05) is 34.9 Å². The van der Waals surface area contributed by atoms with Gasteiger partial charge in [-0.05, 0) is 24.5 Å². The number of carbonyl (C=O) groups excluding carboxylic acids is 1. The molecule has 2 N–H and O–H groups in total. The zero-order valence-electron chi connectivity index (χ0n) is 14.3. The number of aliphatic hydroxyl groups is 1. The van der Waals surface area contributed by atoms with E-state index in [1.165, 1.54) is 0 Å². The fourth-order valence-corrected chi connectivity index (χ4v) is 3.25. The maximum Gasteiger partial charge on any atom is 0.253 e. The number of hydrogen-bond acceptors (Lipinski definition) is 4. The van der Waals surface area contributed by atoms with Crippen molar-refractivity contribution in [2.45, 2.75) is 24.9 Å². The zero-order chi connectivity index (χ0) is 18.0. The van der Waals surface area contributed by atoms with Crippen LogP contribution in [0.1, 0.15) is 28.8 Å². The molecule has 132 valence electrons. The van der Waals surface area contributed by atoms with Crippen LogP contribution < -0.4 is 5.32 Å². The lowest BCUT2D eigenvalue weighted by atomic mass is 9.97. The van der Waals surface area contributed by atoms with E-state index in [4.69, 9.17) is 0 Å². The predicted octanol–water partition coefficient (Wildman–Crippen LogP) is 2.29. The third-order valence-electron chi connectivity index (χ3n) is 4.78. The van der Waals surface area contributed by atoms with Crippen molar-refractivity contribution in [2.75, 3.05) is 6.61 Å². The Kier molecular flexibility index (Phi) is 4.26. The highest BCUT2D eigenvalue weighted by Gasteiger charge is 2.32. The molecule has 0 radical (unpaired) electrons. The summed E-state index contributed by atoms with van der Waals surface area (Å²) >= 11 is 0. The summed E-state index contributed by atoms with van der Waals surface area (Å²) in [5.41, 5.74) is 2.43. The Morgan fingerprint density at radius 2 is 1.96 bits per heavy atom. The topological polar surface area (TPSA) is 80.0 Å². The van der Waals surface area contributed by atoms with Gasteiger partial charge in [-0.3, -0.25) is 4.79 Å². The van der Waals surface area contributed by atoms with Gasteiger partial charge in [-0.15, -0.1) is 0 Å². The number of imidazole rings is 1. The van der Waals surface area contributed by atoms with Gasteiger partial charge in [0.25, 0.3) is 5.91 Å². The fourth-order valence-electron chi connectivity index (χ4n) is 3.25. The highest BCUT2D eigenvalue weighted by Crippen LogP contribution is 2.24. The lowest BCUT2D eigenvalue weighted by Gasteiger charge is -2.27. The van der Waals surface area contributed by atoms with E-state index in [0.717, 1.165) is 11.2 Å². The Balaban J connectivity index is 1.56. The molecule has 0 atom stereocenters. The van der Waals surface area contributed by atoms with Gasteiger partial charge in [0.05, 0.1) is 30.6 Å². The summed E-state index contributed by atoms with van der Waals surface area (Å²) in [5, 5.41) is 12.6. The summed E-state index contributed by atoms with van der Waals surface area (Å²) in [6, 6.07) is 11.8. The Morgan fingerprint density at radius 1 is 1.19 bits per heavy atom.